The quantitative estimate of drug-likeness (QED) is 0.838. The van der Waals surface area contributed by atoms with Gasteiger partial charge in [0.05, 0.1) is 5.69 Å². The van der Waals surface area contributed by atoms with E-state index in [-0.39, 0.29) is 11.9 Å². The maximum absolute atomic E-state index is 13.5. The zero-order chi connectivity index (χ0) is 11.7. The van der Waals surface area contributed by atoms with E-state index in [0.29, 0.717) is 11.4 Å². The number of halogens is 1. The third-order valence-corrected chi connectivity index (χ3v) is 2.44. The zero-order valence-electron chi connectivity index (χ0n) is 9.18. The van der Waals surface area contributed by atoms with Crippen molar-refractivity contribution in [1.29, 1.82) is 0 Å². The Labute approximate surface area is 92.9 Å². The van der Waals surface area contributed by atoms with Crippen LogP contribution in [0.1, 0.15) is 24.4 Å². The van der Waals surface area contributed by atoms with Gasteiger partial charge in [-0.3, -0.25) is 0 Å². The van der Waals surface area contributed by atoms with Gasteiger partial charge in [-0.05, 0) is 26.0 Å². The predicted octanol–water partition coefficient (Wildman–Crippen LogP) is 1.73. The molecule has 1 heterocycles. The Kier molecular flexibility index (Phi) is 2.70. The van der Waals surface area contributed by atoms with Gasteiger partial charge in [0.2, 0.25) is 0 Å². The average molecular weight is 220 g/mol. The first kappa shape index (κ1) is 10.8. The van der Waals surface area contributed by atoms with Crippen LogP contribution in [0.5, 0.6) is 0 Å². The molecular formula is C11H13FN4. The molecule has 1 unspecified atom stereocenters. The highest BCUT2D eigenvalue weighted by Crippen LogP contribution is 2.17. The zero-order valence-corrected chi connectivity index (χ0v) is 9.18. The van der Waals surface area contributed by atoms with E-state index in [4.69, 9.17) is 5.73 Å². The van der Waals surface area contributed by atoms with Gasteiger partial charge in [-0.1, -0.05) is 17.3 Å². The van der Waals surface area contributed by atoms with E-state index >= 15 is 0 Å². The van der Waals surface area contributed by atoms with Crippen molar-refractivity contribution >= 4 is 0 Å². The standard InChI is InChI=1S/C11H13FN4/c1-7(13)11-8(2)16(15-14-11)10-6-4-3-5-9(10)12/h3-7H,13H2,1-2H3. The smallest absolute Gasteiger partial charge is 0.148 e. The fraction of sp³-hybridized carbons (Fsp3) is 0.273. The minimum atomic E-state index is -0.327. The normalized spacial score (nSPS) is 12.8. The number of benzene rings is 1. The molecule has 0 aliphatic rings. The summed E-state index contributed by atoms with van der Waals surface area (Å²) in [6.45, 7) is 3.65. The molecular weight excluding hydrogens is 207 g/mol. The van der Waals surface area contributed by atoms with Crippen molar-refractivity contribution < 1.29 is 4.39 Å². The lowest BCUT2D eigenvalue weighted by atomic mass is 10.2. The summed E-state index contributed by atoms with van der Waals surface area (Å²) in [5, 5.41) is 7.87. The molecule has 0 fully saturated rings. The number of nitrogens with zero attached hydrogens (tertiary/aromatic N) is 3. The summed E-state index contributed by atoms with van der Waals surface area (Å²) in [5.41, 5.74) is 7.57. The van der Waals surface area contributed by atoms with E-state index in [1.165, 1.54) is 10.7 Å². The molecule has 0 radical (unpaired) electrons. The first-order valence-electron chi connectivity index (χ1n) is 5.04. The SMILES string of the molecule is Cc1c(C(C)N)nnn1-c1ccccc1F. The molecule has 0 aliphatic heterocycles. The molecule has 1 atom stereocenters. The Morgan fingerprint density at radius 1 is 1.38 bits per heavy atom. The van der Waals surface area contributed by atoms with Gasteiger partial charge in [-0.25, -0.2) is 9.07 Å². The molecule has 0 saturated carbocycles. The third kappa shape index (κ3) is 1.69. The molecule has 16 heavy (non-hydrogen) atoms. The van der Waals surface area contributed by atoms with Crippen LogP contribution in [0.25, 0.3) is 5.69 Å². The molecule has 2 N–H and O–H groups in total. The largest absolute Gasteiger partial charge is 0.323 e. The number of hydrogen-bond donors (Lipinski definition) is 1. The summed E-state index contributed by atoms with van der Waals surface area (Å²) in [5.74, 6) is -0.327. The second-order valence-corrected chi connectivity index (χ2v) is 3.71. The second-order valence-electron chi connectivity index (χ2n) is 3.71. The van der Waals surface area contributed by atoms with Crippen LogP contribution >= 0.6 is 0 Å². The number of nitrogens with two attached hydrogens (primary N) is 1. The van der Waals surface area contributed by atoms with Crippen LogP contribution in [0, 0.1) is 12.7 Å². The van der Waals surface area contributed by atoms with E-state index < -0.39 is 0 Å². The minimum absolute atomic E-state index is 0.208. The first-order valence-corrected chi connectivity index (χ1v) is 5.04. The third-order valence-electron chi connectivity index (χ3n) is 2.44. The molecule has 1 aromatic carbocycles. The molecule has 4 nitrogen and oxygen atoms in total. The van der Waals surface area contributed by atoms with Crippen molar-refractivity contribution in [3.63, 3.8) is 0 Å². The molecule has 84 valence electrons. The molecule has 0 aliphatic carbocycles. The Morgan fingerprint density at radius 2 is 2.06 bits per heavy atom. The highest BCUT2D eigenvalue weighted by Gasteiger charge is 2.14. The molecule has 0 amide bonds. The van der Waals surface area contributed by atoms with Crippen LogP contribution < -0.4 is 5.73 Å². The van der Waals surface area contributed by atoms with Crippen molar-refractivity contribution in [1.82, 2.24) is 15.0 Å². The number of aromatic nitrogens is 3. The fourth-order valence-corrected chi connectivity index (χ4v) is 1.61. The maximum Gasteiger partial charge on any atom is 0.148 e. The van der Waals surface area contributed by atoms with Crippen LogP contribution in [0.3, 0.4) is 0 Å². The molecule has 0 bridgehead atoms. The summed E-state index contributed by atoms with van der Waals surface area (Å²) in [6.07, 6.45) is 0. The van der Waals surface area contributed by atoms with Crippen molar-refractivity contribution in [2.75, 3.05) is 0 Å². The Bertz CT molecular complexity index is 504. The van der Waals surface area contributed by atoms with Crippen molar-refractivity contribution in [3.8, 4) is 5.69 Å². The number of rotatable bonds is 2. The second kappa shape index (κ2) is 4.02. The topological polar surface area (TPSA) is 56.7 Å². The molecule has 2 rings (SSSR count). The first-order chi connectivity index (χ1) is 7.61. The summed E-state index contributed by atoms with van der Waals surface area (Å²) in [4.78, 5) is 0. The van der Waals surface area contributed by atoms with Gasteiger partial charge < -0.3 is 5.73 Å². The van der Waals surface area contributed by atoms with Crippen LogP contribution in [-0.4, -0.2) is 15.0 Å². The maximum atomic E-state index is 13.5. The molecule has 1 aromatic heterocycles. The van der Waals surface area contributed by atoms with Gasteiger partial charge in [0, 0.05) is 6.04 Å². The Hall–Kier alpha value is -1.75. The van der Waals surface area contributed by atoms with E-state index in [9.17, 15) is 4.39 Å². The van der Waals surface area contributed by atoms with E-state index in [2.05, 4.69) is 10.3 Å². The molecule has 2 aromatic rings. The lowest BCUT2D eigenvalue weighted by Gasteiger charge is -2.05. The van der Waals surface area contributed by atoms with Gasteiger partial charge in [0.25, 0.3) is 0 Å². The van der Waals surface area contributed by atoms with Crippen LogP contribution in [-0.2, 0) is 0 Å². The summed E-state index contributed by atoms with van der Waals surface area (Å²) in [6, 6.07) is 6.23. The number of hydrogen-bond acceptors (Lipinski definition) is 3. The Balaban J connectivity index is 2.54. The van der Waals surface area contributed by atoms with E-state index in [1.54, 1.807) is 18.2 Å². The molecule has 0 spiro atoms. The van der Waals surface area contributed by atoms with Crippen LogP contribution in [0.4, 0.5) is 4.39 Å². The number of para-hydroxylation sites is 1. The van der Waals surface area contributed by atoms with Gasteiger partial charge in [0.15, 0.2) is 0 Å². The summed E-state index contributed by atoms with van der Waals surface area (Å²) in [7, 11) is 0. The van der Waals surface area contributed by atoms with Crippen LogP contribution in [0.2, 0.25) is 0 Å². The van der Waals surface area contributed by atoms with Gasteiger partial charge in [-0.15, -0.1) is 5.10 Å². The minimum Gasteiger partial charge on any atom is -0.323 e. The highest BCUT2D eigenvalue weighted by molar-refractivity contribution is 5.34. The summed E-state index contributed by atoms with van der Waals surface area (Å²) < 4.78 is 15.0. The van der Waals surface area contributed by atoms with Gasteiger partial charge >= 0.3 is 0 Å². The Morgan fingerprint density at radius 3 is 2.62 bits per heavy atom. The van der Waals surface area contributed by atoms with Crippen LogP contribution in [0.15, 0.2) is 24.3 Å². The van der Waals surface area contributed by atoms with Crippen molar-refractivity contribution in [2.45, 2.75) is 19.9 Å². The predicted molar refractivity (Wildman–Crippen MR) is 58.7 cm³/mol. The molecule has 0 saturated heterocycles. The highest BCUT2D eigenvalue weighted by atomic mass is 19.1. The lowest BCUT2D eigenvalue weighted by Crippen LogP contribution is -2.08. The van der Waals surface area contributed by atoms with Gasteiger partial charge in [0.1, 0.15) is 17.2 Å². The lowest BCUT2D eigenvalue weighted by molar-refractivity contribution is 0.604. The van der Waals surface area contributed by atoms with Crippen molar-refractivity contribution in [3.05, 3.63) is 41.5 Å². The van der Waals surface area contributed by atoms with E-state index in [0.717, 1.165) is 5.69 Å². The van der Waals surface area contributed by atoms with Crippen molar-refractivity contribution in [2.24, 2.45) is 5.73 Å². The fourth-order valence-electron chi connectivity index (χ4n) is 1.61. The average Bonchev–Trinajstić information content (AvgIpc) is 2.61. The van der Waals surface area contributed by atoms with E-state index in [1.807, 2.05) is 13.8 Å². The summed E-state index contributed by atoms with van der Waals surface area (Å²) >= 11 is 0. The monoisotopic (exact) mass is 220 g/mol. The molecule has 5 heteroatoms. The van der Waals surface area contributed by atoms with Gasteiger partial charge in [-0.2, -0.15) is 0 Å².